The molecule has 1 aromatic heterocycles. The van der Waals surface area contributed by atoms with Crippen LogP contribution in [-0.4, -0.2) is 42.8 Å². The van der Waals surface area contributed by atoms with Crippen LogP contribution in [0, 0.1) is 0 Å². The Balaban J connectivity index is 2.19. The Morgan fingerprint density at radius 3 is 2.94 bits per heavy atom. The maximum absolute atomic E-state index is 5.17. The molecule has 100 valence electrons. The van der Waals surface area contributed by atoms with Gasteiger partial charge in [-0.15, -0.1) is 0 Å². The Bertz CT molecular complexity index is 398. The fourth-order valence-electron chi connectivity index (χ4n) is 1.84. The Morgan fingerprint density at radius 1 is 1.56 bits per heavy atom. The molecule has 0 atom stereocenters. The van der Waals surface area contributed by atoms with Gasteiger partial charge in [0.05, 0.1) is 11.1 Å². The minimum Gasteiger partial charge on any atom is -0.383 e. The van der Waals surface area contributed by atoms with Gasteiger partial charge in [0, 0.05) is 32.4 Å². The van der Waals surface area contributed by atoms with Crippen LogP contribution >= 0.6 is 15.9 Å². The summed E-state index contributed by atoms with van der Waals surface area (Å²) in [6.07, 6.45) is 4.27. The molecule has 1 fully saturated rings. The van der Waals surface area contributed by atoms with Crippen LogP contribution in [0.4, 0.5) is 11.8 Å². The normalized spacial score (nSPS) is 14.6. The maximum Gasteiger partial charge on any atom is 0.224 e. The second-order valence-corrected chi connectivity index (χ2v) is 5.17. The van der Waals surface area contributed by atoms with Gasteiger partial charge in [-0.25, -0.2) is 4.98 Å². The van der Waals surface area contributed by atoms with Crippen molar-refractivity contribution < 1.29 is 4.74 Å². The van der Waals surface area contributed by atoms with Gasteiger partial charge in [0.2, 0.25) is 5.95 Å². The predicted molar refractivity (Wildman–Crippen MR) is 76.1 cm³/mol. The van der Waals surface area contributed by atoms with E-state index < -0.39 is 0 Å². The first-order valence-electron chi connectivity index (χ1n) is 6.28. The van der Waals surface area contributed by atoms with Gasteiger partial charge in [0.1, 0.15) is 5.82 Å². The fourth-order valence-corrected chi connectivity index (χ4v) is 2.26. The highest BCUT2D eigenvalue weighted by Crippen LogP contribution is 2.34. The average molecular weight is 315 g/mol. The molecule has 6 heteroatoms. The molecule has 0 amide bonds. The van der Waals surface area contributed by atoms with E-state index in [1.807, 2.05) is 13.1 Å². The summed E-state index contributed by atoms with van der Waals surface area (Å²) in [5.74, 6) is 1.64. The Hall–Kier alpha value is -0.880. The molecule has 0 saturated heterocycles. The number of nitrogens with zero attached hydrogens (tertiary/aromatic N) is 3. The van der Waals surface area contributed by atoms with Gasteiger partial charge < -0.3 is 15.0 Å². The number of nitrogens with one attached hydrogen (secondary N) is 1. The lowest BCUT2D eigenvalue weighted by Crippen LogP contribution is -2.30. The highest BCUT2D eigenvalue weighted by molar-refractivity contribution is 9.10. The molecule has 0 aromatic carbocycles. The molecule has 1 N–H and O–H groups in total. The number of aromatic nitrogens is 2. The molecule has 0 unspecified atom stereocenters. The first kappa shape index (κ1) is 13.5. The zero-order valence-corrected chi connectivity index (χ0v) is 12.4. The molecule has 0 spiro atoms. The summed E-state index contributed by atoms with van der Waals surface area (Å²) in [6, 6.07) is 0.598. The molecule has 0 aliphatic heterocycles. The summed E-state index contributed by atoms with van der Waals surface area (Å²) < 4.78 is 6.11. The monoisotopic (exact) mass is 314 g/mol. The third-order valence-corrected chi connectivity index (χ3v) is 3.42. The molecule has 1 heterocycles. The number of methoxy groups -OCH3 is 1. The molecule has 0 bridgehead atoms. The molecule has 18 heavy (non-hydrogen) atoms. The Kier molecular flexibility index (Phi) is 4.77. The van der Waals surface area contributed by atoms with Gasteiger partial charge in [0.25, 0.3) is 0 Å². The summed E-state index contributed by atoms with van der Waals surface area (Å²) >= 11 is 3.53. The van der Waals surface area contributed by atoms with Crippen molar-refractivity contribution in [3.63, 3.8) is 0 Å². The number of hydrogen-bond acceptors (Lipinski definition) is 5. The van der Waals surface area contributed by atoms with Crippen molar-refractivity contribution in [1.82, 2.24) is 9.97 Å². The van der Waals surface area contributed by atoms with Crippen molar-refractivity contribution in [2.45, 2.75) is 25.8 Å². The number of halogens is 1. The van der Waals surface area contributed by atoms with E-state index in [1.54, 1.807) is 7.11 Å². The fraction of sp³-hybridized carbons (Fsp3) is 0.667. The van der Waals surface area contributed by atoms with E-state index >= 15 is 0 Å². The second kappa shape index (κ2) is 6.33. The van der Waals surface area contributed by atoms with E-state index in [-0.39, 0.29) is 0 Å². The van der Waals surface area contributed by atoms with Crippen LogP contribution in [0.15, 0.2) is 10.7 Å². The van der Waals surface area contributed by atoms with Gasteiger partial charge in [-0.2, -0.15) is 4.98 Å². The van der Waals surface area contributed by atoms with Crippen molar-refractivity contribution in [2.75, 3.05) is 37.0 Å². The van der Waals surface area contributed by atoms with Crippen molar-refractivity contribution in [2.24, 2.45) is 0 Å². The number of rotatable bonds is 7. The van der Waals surface area contributed by atoms with Crippen molar-refractivity contribution in [3.05, 3.63) is 10.7 Å². The zero-order valence-electron chi connectivity index (χ0n) is 10.8. The second-order valence-electron chi connectivity index (χ2n) is 4.31. The molecule has 1 aliphatic carbocycles. The molecule has 1 saturated carbocycles. The number of hydrogen-bond donors (Lipinski definition) is 1. The highest BCUT2D eigenvalue weighted by Gasteiger charge is 2.31. The van der Waals surface area contributed by atoms with Crippen LogP contribution in [0.1, 0.15) is 19.8 Å². The third kappa shape index (κ3) is 3.32. The van der Waals surface area contributed by atoms with E-state index in [1.165, 1.54) is 12.8 Å². The van der Waals surface area contributed by atoms with Crippen LogP contribution in [0.5, 0.6) is 0 Å². The van der Waals surface area contributed by atoms with Gasteiger partial charge in [0.15, 0.2) is 0 Å². The first-order valence-corrected chi connectivity index (χ1v) is 7.07. The maximum atomic E-state index is 5.17. The first-order chi connectivity index (χ1) is 8.76. The largest absolute Gasteiger partial charge is 0.383 e. The molecular weight excluding hydrogens is 296 g/mol. The number of ether oxygens (including phenoxy) is 1. The van der Waals surface area contributed by atoms with Gasteiger partial charge in [-0.3, -0.25) is 0 Å². The zero-order chi connectivity index (χ0) is 13.0. The molecule has 2 rings (SSSR count). The summed E-state index contributed by atoms with van der Waals surface area (Å²) in [5.41, 5.74) is 0. The van der Waals surface area contributed by atoms with Crippen LogP contribution in [-0.2, 0) is 4.74 Å². The predicted octanol–water partition coefficient (Wildman–Crippen LogP) is 2.29. The van der Waals surface area contributed by atoms with Crippen molar-refractivity contribution in [3.8, 4) is 0 Å². The van der Waals surface area contributed by atoms with Crippen LogP contribution < -0.4 is 10.2 Å². The summed E-state index contributed by atoms with van der Waals surface area (Å²) in [5, 5.41) is 3.14. The smallest absolute Gasteiger partial charge is 0.224 e. The standard InChI is InChI=1S/C12H19BrN4O/c1-3-14-12-15-8-10(13)11(16-12)17(6-7-18-2)9-4-5-9/h8-9H,3-7H2,1-2H3,(H,14,15,16). The molecule has 5 nitrogen and oxygen atoms in total. The highest BCUT2D eigenvalue weighted by atomic mass is 79.9. The van der Waals surface area contributed by atoms with Gasteiger partial charge >= 0.3 is 0 Å². The van der Waals surface area contributed by atoms with Gasteiger partial charge in [-0.05, 0) is 35.7 Å². The van der Waals surface area contributed by atoms with Crippen LogP contribution in [0.25, 0.3) is 0 Å². The summed E-state index contributed by atoms with van der Waals surface area (Å²) in [6.45, 7) is 4.43. The molecule has 1 aliphatic rings. The lowest BCUT2D eigenvalue weighted by atomic mass is 10.4. The van der Waals surface area contributed by atoms with E-state index in [0.29, 0.717) is 18.6 Å². The van der Waals surface area contributed by atoms with Crippen LogP contribution in [0.2, 0.25) is 0 Å². The van der Waals surface area contributed by atoms with E-state index in [2.05, 4.69) is 36.1 Å². The van der Waals surface area contributed by atoms with Crippen LogP contribution in [0.3, 0.4) is 0 Å². The van der Waals surface area contributed by atoms with E-state index in [4.69, 9.17) is 4.74 Å². The SMILES string of the molecule is CCNc1ncc(Br)c(N(CCOC)C2CC2)n1. The average Bonchev–Trinajstić information content (AvgIpc) is 3.18. The topological polar surface area (TPSA) is 50.3 Å². The lowest BCUT2D eigenvalue weighted by Gasteiger charge is -2.24. The minimum absolute atomic E-state index is 0.598. The molecule has 1 aromatic rings. The Morgan fingerprint density at radius 2 is 2.33 bits per heavy atom. The lowest BCUT2D eigenvalue weighted by molar-refractivity contribution is 0.204. The minimum atomic E-state index is 0.598. The molecule has 0 radical (unpaired) electrons. The quantitative estimate of drug-likeness (QED) is 0.836. The van der Waals surface area contributed by atoms with E-state index in [9.17, 15) is 0 Å². The van der Waals surface area contributed by atoms with Crippen molar-refractivity contribution in [1.29, 1.82) is 0 Å². The van der Waals surface area contributed by atoms with Crippen molar-refractivity contribution >= 4 is 27.7 Å². The molecular formula is C12H19BrN4O. The summed E-state index contributed by atoms with van der Waals surface area (Å²) in [4.78, 5) is 11.1. The Labute approximate surface area is 116 Å². The van der Waals surface area contributed by atoms with E-state index in [0.717, 1.165) is 23.4 Å². The van der Waals surface area contributed by atoms with Gasteiger partial charge in [-0.1, -0.05) is 0 Å². The number of anilines is 2. The third-order valence-electron chi connectivity index (χ3n) is 2.86. The summed E-state index contributed by atoms with van der Waals surface area (Å²) in [7, 11) is 1.73.